The van der Waals surface area contributed by atoms with Crippen LogP contribution in [0.5, 0.6) is 0 Å². The van der Waals surface area contributed by atoms with Crippen LogP contribution >= 0.6 is 12.2 Å². The van der Waals surface area contributed by atoms with Gasteiger partial charge >= 0.3 is 5.97 Å². The van der Waals surface area contributed by atoms with Crippen LogP contribution in [0.15, 0.2) is 89.5 Å². The number of hydrogen-bond donors (Lipinski definition) is 3. The lowest BCUT2D eigenvalue weighted by Gasteiger charge is -2.26. The first-order chi connectivity index (χ1) is 17.4. The Morgan fingerprint density at radius 1 is 1.06 bits per heavy atom. The Kier molecular flexibility index (Phi) is 6.22. The van der Waals surface area contributed by atoms with Crippen molar-refractivity contribution in [3.8, 4) is 11.3 Å². The summed E-state index contributed by atoms with van der Waals surface area (Å²) in [4.78, 5) is 29.3. The highest BCUT2D eigenvalue weighted by Crippen LogP contribution is 2.43. The number of carbonyl (C=O) groups is 2. The van der Waals surface area contributed by atoms with Gasteiger partial charge in [-0.05, 0) is 72.9 Å². The smallest absolute Gasteiger partial charge is 0.335 e. The Labute approximate surface area is 212 Å². The Morgan fingerprint density at radius 2 is 1.86 bits per heavy atom. The number of anilines is 2. The summed E-state index contributed by atoms with van der Waals surface area (Å²) >= 11 is 5.74. The highest BCUT2D eigenvalue weighted by molar-refractivity contribution is 7.80. The fourth-order valence-corrected chi connectivity index (χ4v) is 4.65. The van der Waals surface area contributed by atoms with E-state index in [0.717, 1.165) is 11.4 Å². The Bertz CT molecular complexity index is 1440. The number of hydrogen-bond acceptors (Lipinski definition) is 5. The summed E-state index contributed by atoms with van der Waals surface area (Å²) < 4.78 is 6.30. The summed E-state index contributed by atoms with van der Waals surface area (Å²) in [5.41, 5.74) is 3.14. The number of aromatic nitrogens is 1. The van der Waals surface area contributed by atoms with Crippen molar-refractivity contribution in [2.24, 2.45) is 0 Å². The molecule has 0 saturated carbocycles. The zero-order valence-electron chi connectivity index (χ0n) is 19.2. The van der Waals surface area contributed by atoms with E-state index in [9.17, 15) is 14.7 Å². The molecule has 36 heavy (non-hydrogen) atoms. The van der Waals surface area contributed by atoms with Crippen LogP contribution in [0.3, 0.4) is 0 Å². The Hall–Kier alpha value is -4.50. The second-order valence-corrected chi connectivity index (χ2v) is 8.70. The first-order valence-electron chi connectivity index (χ1n) is 11.2. The molecule has 8 nitrogen and oxygen atoms in total. The van der Waals surface area contributed by atoms with Crippen LogP contribution in [0, 0.1) is 0 Å². The fourth-order valence-electron chi connectivity index (χ4n) is 4.30. The van der Waals surface area contributed by atoms with E-state index in [1.807, 2.05) is 59.5 Å². The predicted octanol–water partition coefficient (Wildman–Crippen LogP) is 5.18. The zero-order valence-corrected chi connectivity index (χ0v) is 20.0. The predicted molar refractivity (Wildman–Crippen MR) is 140 cm³/mol. The molecule has 0 aliphatic carbocycles. The zero-order chi connectivity index (χ0) is 25.2. The normalized spacial score (nSPS) is 17.0. The van der Waals surface area contributed by atoms with Crippen LogP contribution in [0.4, 0.5) is 11.4 Å². The number of furan rings is 1. The average Bonchev–Trinajstić information content (AvgIpc) is 3.49. The molecule has 9 heteroatoms. The van der Waals surface area contributed by atoms with Crippen molar-refractivity contribution in [3.05, 3.63) is 102 Å². The third-order valence-electron chi connectivity index (χ3n) is 5.88. The molecule has 2 aromatic heterocycles. The molecule has 1 aliphatic rings. The van der Waals surface area contributed by atoms with Gasteiger partial charge in [0.05, 0.1) is 17.3 Å². The van der Waals surface area contributed by atoms with E-state index in [2.05, 4.69) is 15.6 Å². The second-order valence-electron chi connectivity index (χ2n) is 8.31. The van der Waals surface area contributed by atoms with Crippen molar-refractivity contribution < 1.29 is 19.1 Å². The molecule has 0 radical (unpaired) electrons. The van der Waals surface area contributed by atoms with Crippen LogP contribution in [-0.2, 0) is 4.79 Å². The Morgan fingerprint density at radius 3 is 2.56 bits per heavy atom. The number of aromatic carboxylic acids is 1. The topological polar surface area (TPSA) is 108 Å². The van der Waals surface area contributed by atoms with Crippen molar-refractivity contribution in [1.82, 2.24) is 10.3 Å². The maximum Gasteiger partial charge on any atom is 0.335 e. The number of benzene rings is 2. The molecule has 2 aromatic carbocycles. The minimum Gasteiger partial charge on any atom is -0.478 e. The summed E-state index contributed by atoms with van der Waals surface area (Å²) in [6.45, 7) is 1.46. The van der Waals surface area contributed by atoms with Crippen LogP contribution < -0.4 is 15.5 Å². The second kappa shape index (κ2) is 9.63. The SMILES string of the molecule is CC(=O)Nc1ccc(N2C(=S)NC(c3ccccn3)C2c2ccc(-c3cccc(C(=O)O)c3)o2)cc1. The molecule has 1 saturated heterocycles. The first kappa shape index (κ1) is 23.3. The molecule has 3 heterocycles. The van der Waals surface area contributed by atoms with E-state index in [4.69, 9.17) is 16.6 Å². The van der Waals surface area contributed by atoms with Gasteiger partial charge in [0.1, 0.15) is 17.6 Å². The van der Waals surface area contributed by atoms with Crippen LogP contribution in [0.1, 0.15) is 40.8 Å². The summed E-state index contributed by atoms with van der Waals surface area (Å²) in [5.74, 6) is 0.0358. The fraction of sp³-hybridized carbons (Fsp3) is 0.111. The third-order valence-corrected chi connectivity index (χ3v) is 6.19. The molecular weight excluding hydrogens is 476 g/mol. The molecule has 0 spiro atoms. The standard InChI is InChI=1S/C27H22N4O4S/c1-16(32)29-19-8-10-20(11-9-19)31-25(24(30-27(31)36)21-7-2-3-14-28-21)23-13-12-22(35-23)17-5-4-6-18(15-17)26(33)34/h2-15,24-25H,1H3,(H,29,32)(H,30,36)(H,33,34). The maximum absolute atomic E-state index is 11.4. The van der Waals surface area contributed by atoms with Crippen molar-refractivity contribution in [2.45, 2.75) is 19.0 Å². The minimum absolute atomic E-state index is 0.149. The van der Waals surface area contributed by atoms with E-state index in [1.165, 1.54) is 6.92 Å². The van der Waals surface area contributed by atoms with Crippen molar-refractivity contribution in [1.29, 1.82) is 0 Å². The van der Waals surface area contributed by atoms with Crippen molar-refractivity contribution >= 4 is 40.6 Å². The molecule has 1 fully saturated rings. The van der Waals surface area contributed by atoms with Gasteiger partial charge in [-0.25, -0.2) is 4.79 Å². The number of carboxylic acids is 1. The first-order valence-corrected chi connectivity index (χ1v) is 11.6. The number of carboxylic acid groups (broad SMARTS) is 1. The van der Waals surface area contributed by atoms with Crippen LogP contribution in [0.25, 0.3) is 11.3 Å². The van der Waals surface area contributed by atoms with Gasteiger partial charge < -0.3 is 25.1 Å². The number of amides is 1. The van der Waals surface area contributed by atoms with Gasteiger partial charge in [0.15, 0.2) is 5.11 Å². The summed E-state index contributed by atoms with van der Waals surface area (Å²) in [6, 6.07) is 22.7. The Balaban J connectivity index is 1.55. The summed E-state index contributed by atoms with van der Waals surface area (Å²) in [7, 11) is 0. The van der Waals surface area contributed by atoms with Gasteiger partial charge in [0.2, 0.25) is 5.91 Å². The lowest BCUT2D eigenvalue weighted by molar-refractivity contribution is -0.114. The van der Waals surface area contributed by atoms with Gasteiger partial charge in [-0.2, -0.15) is 0 Å². The van der Waals surface area contributed by atoms with Gasteiger partial charge in [-0.1, -0.05) is 18.2 Å². The molecule has 3 N–H and O–H groups in total. The van der Waals surface area contributed by atoms with E-state index in [1.54, 1.807) is 30.5 Å². The third kappa shape index (κ3) is 4.56. The van der Waals surface area contributed by atoms with Gasteiger partial charge in [0.25, 0.3) is 0 Å². The van der Waals surface area contributed by atoms with Crippen molar-refractivity contribution in [2.75, 3.05) is 10.2 Å². The molecule has 180 valence electrons. The van der Waals surface area contributed by atoms with Crippen LogP contribution in [-0.4, -0.2) is 27.1 Å². The van der Waals surface area contributed by atoms with E-state index in [-0.39, 0.29) is 23.6 Å². The van der Waals surface area contributed by atoms with Crippen molar-refractivity contribution in [3.63, 3.8) is 0 Å². The number of thiocarbonyl (C=S) groups is 1. The summed E-state index contributed by atoms with van der Waals surface area (Å²) in [6.07, 6.45) is 1.73. The maximum atomic E-state index is 11.4. The number of nitrogens with one attached hydrogen (secondary N) is 2. The van der Waals surface area contributed by atoms with E-state index >= 15 is 0 Å². The molecule has 1 aliphatic heterocycles. The monoisotopic (exact) mass is 498 g/mol. The molecule has 2 atom stereocenters. The lowest BCUT2D eigenvalue weighted by Crippen LogP contribution is -2.29. The largest absolute Gasteiger partial charge is 0.478 e. The van der Waals surface area contributed by atoms with Gasteiger partial charge in [-0.3, -0.25) is 9.78 Å². The molecule has 5 rings (SSSR count). The highest BCUT2D eigenvalue weighted by Gasteiger charge is 2.42. The van der Waals surface area contributed by atoms with E-state index < -0.39 is 5.97 Å². The quantitative estimate of drug-likeness (QED) is 0.312. The minimum atomic E-state index is -1.00. The van der Waals surface area contributed by atoms with Gasteiger partial charge in [-0.15, -0.1) is 0 Å². The number of nitrogens with zero attached hydrogens (tertiary/aromatic N) is 2. The number of rotatable bonds is 6. The van der Waals surface area contributed by atoms with Gasteiger partial charge in [0, 0.05) is 30.1 Å². The number of carbonyl (C=O) groups excluding carboxylic acids is 1. The molecule has 2 unspecified atom stereocenters. The van der Waals surface area contributed by atoms with E-state index in [0.29, 0.717) is 27.9 Å². The molecule has 4 aromatic rings. The highest BCUT2D eigenvalue weighted by atomic mass is 32.1. The van der Waals surface area contributed by atoms with Crippen LogP contribution in [0.2, 0.25) is 0 Å². The average molecular weight is 499 g/mol. The number of pyridine rings is 1. The lowest BCUT2D eigenvalue weighted by atomic mass is 10.0. The molecular formula is C27H22N4O4S. The summed E-state index contributed by atoms with van der Waals surface area (Å²) in [5, 5.41) is 16.0. The molecule has 0 bridgehead atoms. The molecule has 1 amide bonds.